The van der Waals surface area contributed by atoms with Crippen LogP contribution >= 0.6 is 11.8 Å². The van der Waals surface area contributed by atoms with Crippen LogP contribution in [0.4, 0.5) is 25.0 Å². The smallest absolute Gasteiger partial charge is 0.323 e. The second kappa shape index (κ2) is 8.64. The lowest BCUT2D eigenvalue weighted by Crippen LogP contribution is -2.51. The highest BCUT2D eigenvalue weighted by atomic mass is 32.2. The molecule has 0 saturated carbocycles. The number of anilines is 2. The molecule has 2 heterocycles. The molecule has 3 aromatic rings. The van der Waals surface area contributed by atoms with E-state index in [1.54, 1.807) is 42.3 Å². The molecular weight excluding hydrogens is 460 g/mol. The third-order valence-corrected chi connectivity index (χ3v) is 7.43. The standard InChI is InChI=1S/C25H21F2N3O3S/c1-33-18-9-7-17(8-10-18)28-24(32)30-12-13-34-25(30)19-4-2-3-5-22(19)29(23(25)31)15-16-6-11-20(26)21(27)14-16/h2-11,14H,12-13,15H2,1H3,(H,28,32). The molecule has 0 radical (unpaired) electrons. The van der Waals surface area contributed by atoms with Gasteiger partial charge in [-0.15, -0.1) is 11.8 Å². The number of rotatable bonds is 4. The van der Waals surface area contributed by atoms with Crippen molar-refractivity contribution in [1.82, 2.24) is 4.90 Å². The molecule has 34 heavy (non-hydrogen) atoms. The van der Waals surface area contributed by atoms with Crippen molar-refractivity contribution in [3.63, 3.8) is 0 Å². The van der Waals surface area contributed by atoms with E-state index in [1.165, 1.54) is 22.7 Å². The van der Waals surface area contributed by atoms with Crippen molar-refractivity contribution in [3.05, 3.63) is 89.5 Å². The summed E-state index contributed by atoms with van der Waals surface area (Å²) in [6, 6.07) is 17.4. The molecule has 1 fully saturated rings. The largest absolute Gasteiger partial charge is 0.497 e. The van der Waals surface area contributed by atoms with Gasteiger partial charge in [0.2, 0.25) is 0 Å². The fraction of sp³-hybridized carbons (Fsp3) is 0.200. The number of benzene rings is 3. The third kappa shape index (κ3) is 3.56. The van der Waals surface area contributed by atoms with Gasteiger partial charge in [-0.05, 0) is 48.0 Å². The van der Waals surface area contributed by atoms with Crippen LogP contribution in [0.2, 0.25) is 0 Å². The van der Waals surface area contributed by atoms with Gasteiger partial charge in [0.05, 0.1) is 19.3 Å². The van der Waals surface area contributed by atoms with E-state index in [-0.39, 0.29) is 12.5 Å². The third-order valence-electron chi connectivity index (χ3n) is 6.01. The summed E-state index contributed by atoms with van der Waals surface area (Å²) >= 11 is 1.40. The normalized spacial score (nSPS) is 19.0. The molecule has 2 aliphatic heterocycles. The van der Waals surface area contributed by atoms with Crippen molar-refractivity contribution in [1.29, 1.82) is 0 Å². The predicted octanol–water partition coefficient (Wildman–Crippen LogP) is 4.95. The molecule has 6 nitrogen and oxygen atoms in total. The number of ether oxygens (including phenoxy) is 1. The van der Waals surface area contributed by atoms with E-state index in [4.69, 9.17) is 4.74 Å². The van der Waals surface area contributed by atoms with E-state index in [2.05, 4.69) is 5.32 Å². The van der Waals surface area contributed by atoms with Gasteiger partial charge in [0.25, 0.3) is 5.91 Å². The summed E-state index contributed by atoms with van der Waals surface area (Å²) in [4.78, 5) is 29.1. The number of carbonyl (C=O) groups is 2. The fourth-order valence-corrected chi connectivity index (χ4v) is 5.87. The first-order valence-corrected chi connectivity index (χ1v) is 11.6. The highest BCUT2D eigenvalue weighted by Crippen LogP contribution is 2.54. The molecule has 1 atom stereocenters. The first-order chi connectivity index (χ1) is 16.4. The van der Waals surface area contributed by atoms with Gasteiger partial charge in [0, 0.05) is 23.5 Å². The van der Waals surface area contributed by atoms with Crippen molar-refractivity contribution in [2.45, 2.75) is 11.4 Å². The van der Waals surface area contributed by atoms with Crippen LogP contribution in [0.5, 0.6) is 5.75 Å². The Morgan fingerprint density at radius 2 is 1.85 bits per heavy atom. The molecule has 3 aromatic carbocycles. The molecule has 0 aromatic heterocycles. The molecule has 9 heteroatoms. The molecule has 174 valence electrons. The highest BCUT2D eigenvalue weighted by molar-refractivity contribution is 8.01. The average molecular weight is 482 g/mol. The lowest BCUT2D eigenvalue weighted by molar-refractivity contribution is -0.123. The van der Waals surface area contributed by atoms with E-state index in [9.17, 15) is 18.4 Å². The molecular formula is C25H21F2N3O3S. The summed E-state index contributed by atoms with van der Waals surface area (Å²) < 4.78 is 32.4. The number of fused-ring (bicyclic) bond motifs is 2. The Labute approximate surface area is 199 Å². The summed E-state index contributed by atoms with van der Waals surface area (Å²) in [6.45, 7) is 0.440. The average Bonchev–Trinajstić information content (AvgIpc) is 3.39. The number of thioether (sulfide) groups is 1. The van der Waals surface area contributed by atoms with Gasteiger partial charge in [-0.2, -0.15) is 0 Å². The zero-order valence-electron chi connectivity index (χ0n) is 18.3. The predicted molar refractivity (Wildman–Crippen MR) is 127 cm³/mol. The zero-order valence-corrected chi connectivity index (χ0v) is 19.1. The molecule has 1 N–H and O–H groups in total. The van der Waals surface area contributed by atoms with E-state index >= 15 is 0 Å². The van der Waals surface area contributed by atoms with Gasteiger partial charge in [0.1, 0.15) is 5.75 Å². The van der Waals surface area contributed by atoms with Crippen molar-refractivity contribution in [2.75, 3.05) is 29.6 Å². The second-order valence-corrected chi connectivity index (χ2v) is 9.25. The molecule has 1 spiro atoms. The monoisotopic (exact) mass is 481 g/mol. The van der Waals surface area contributed by atoms with Gasteiger partial charge in [-0.3, -0.25) is 9.69 Å². The van der Waals surface area contributed by atoms with E-state index < -0.39 is 22.5 Å². The van der Waals surface area contributed by atoms with Crippen molar-refractivity contribution in [2.24, 2.45) is 0 Å². The van der Waals surface area contributed by atoms with Gasteiger partial charge in [-0.25, -0.2) is 13.6 Å². The van der Waals surface area contributed by atoms with Crippen LogP contribution in [0.3, 0.4) is 0 Å². The summed E-state index contributed by atoms with van der Waals surface area (Å²) in [5.41, 5.74) is 2.38. The number of para-hydroxylation sites is 1. The maximum atomic E-state index is 13.9. The van der Waals surface area contributed by atoms with E-state index in [1.807, 2.05) is 18.2 Å². The number of nitrogens with one attached hydrogen (secondary N) is 1. The Bertz CT molecular complexity index is 1270. The summed E-state index contributed by atoms with van der Waals surface area (Å²) in [7, 11) is 1.56. The quantitative estimate of drug-likeness (QED) is 0.573. The summed E-state index contributed by atoms with van der Waals surface area (Å²) in [6.07, 6.45) is 0. The molecule has 0 bridgehead atoms. The Morgan fingerprint density at radius 3 is 2.59 bits per heavy atom. The van der Waals surface area contributed by atoms with Gasteiger partial charge in [-0.1, -0.05) is 24.3 Å². The minimum absolute atomic E-state index is 0.0588. The highest BCUT2D eigenvalue weighted by Gasteiger charge is 2.59. The maximum Gasteiger partial charge on any atom is 0.323 e. The number of hydrogen-bond donors (Lipinski definition) is 1. The molecule has 5 rings (SSSR count). The van der Waals surface area contributed by atoms with Crippen molar-refractivity contribution in [3.8, 4) is 5.75 Å². The molecule has 0 aliphatic carbocycles. The zero-order chi connectivity index (χ0) is 23.9. The molecule has 1 unspecified atom stereocenters. The minimum atomic E-state index is -1.23. The van der Waals surface area contributed by atoms with Gasteiger partial charge < -0.3 is 15.0 Å². The first kappa shape index (κ1) is 22.2. The Hall–Kier alpha value is -3.59. The van der Waals surface area contributed by atoms with E-state index in [0.717, 1.165) is 12.1 Å². The number of halogens is 2. The second-order valence-electron chi connectivity index (χ2n) is 7.96. The fourth-order valence-electron chi connectivity index (χ4n) is 4.41. The SMILES string of the molecule is COc1ccc(NC(=O)N2CCSC23C(=O)N(Cc2ccc(F)c(F)c2)c2ccccc23)cc1. The summed E-state index contributed by atoms with van der Waals surface area (Å²) in [5.74, 6) is -0.955. The molecule has 2 aliphatic rings. The number of urea groups is 1. The number of amides is 3. The number of nitrogens with zero attached hydrogens (tertiary/aromatic N) is 2. The van der Waals surface area contributed by atoms with Crippen LogP contribution < -0.4 is 15.0 Å². The van der Waals surface area contributed by atoms with E-state index in [0.29, 0.717) is 40.5 Å². The van der Waals surface area contributed by atoms with Crippen LogP contribution in [0.25, 0.3) is 0 Å². The maximum absolute atomic E-state index is 13.9. The Balaban J connectivity index is 1.47. The Kier molecular flexibility index (Phi) is 5.65. The first-order valence-electron chi connectivity index (χ1n) is 10.7. The van der Waals surface area contributed by atoms with Crippen LogP contribution in [0.1, 0.15) is 11.1 Å². The number of hydrogen-bond acceptors (Lipinski definition) is 4. The van der Waals surface area contributed by atoms with Crippen molar-refractivity contribution >= 4 is 35.1 Å². The van der Waals surface area contributed by atoms with Crippen LogP contribution in [0, 0.1) is 11.6 Å². The molecule has 3 amide bonds. The van der Waals surface area contributed by atoms with Crippen LogP contribution in [0.15, 0.2) is 66.7 Å². The topological polar surface area (TPSA) is 61.9 Å². The number of methoxy groups -OCH3 is 1. The van der Waals surface area contributed by atoms with Gasteiger partial charge >= 0.3 is 6.03 Å². The minimum Gasteiger partial charge on any atom is -0.497 e. The lowest BCUT2D eigenvalue weighted by atomic mass is 10.1. The van der Waals surface area contributed by atoms with Crippen LogP contribution in [-0.4, -0.2) is 36.2 Å². The Morgan fingerprint density at radius 1 is 1.09 bits per heavy atom. The number of carbonyl (C=O) groups excluding carboxylic acids is 2. The van der Waals surface area contributed by atoms with Crippen molar-refractivity contribution < 1.29 is 23.1 Å². The van der Waals surface area contributed by atoms with Gasteiger partial charge in [0.15, 0.2) is 16.5 Å². The lowest BCUT2D eigenvalue weighted by Gasteiger charge is -2.33. The molecule has 1 saturated heterocycles. The van der Waals surface area contributed by atoms with Crippen LogP contribution in [-0.2, 0) is 16.2 Å². The summed E-state index contributed by atoms with van der Waals surface area (Å²) in [5, 5.41) is 2.87.